The number of hydrogen-bond acceptors (Lipinski definition) is 6. The molecule has 0 aromatic rings. The summed E-state index contributed by atoms with van der Waals surface area (Å²) < 4.78 is 0. The third kappa shape index (κ3) is 5.44. The van der Waals surface area contributed by atoms with Crippen LogP contribution in [0.15, 0.2) is 0 Å². The standard InChI is InChI=1S/C16H38N6/c17-8-1-5-15-16(6-2-9-18,7-3-10-19)22(13-4-11-20)14-12-21-15/h15,21H,1-14,17-20H2. The second kappa shape index (κ2) is 11.3. The highest BCUT2D eigenvalue weighted by atomic mass is 15.3. The van der Waals surface area contributed by atoms with Crippen molar-refractivity contribution in [1.82, 2.24) is 10.2 Å². The van der Waals surface area contributed by atoms with Gasteiger partial charge in [0.15, 0.2) is 0 Å². The quantitative estimate of drug-likeness (QED) is 0.333. The molecule has 1 fully saturated rings. The molecular weight excluding hydrogens is 276 g/mol. The summed E-state index contributed by atoms with van der Waals surface area (Å²) in [6, 6.07) is 0.487. The fourth-order valence-corrected chi connectivity index (χ4v) is 3.92. The SMILES string of the molecule is NCCCC1NCCN(CCCN)C1(CCCN)CCCN. The van der Waals surface area contributed by atoms with Crippen molar-refractivity contribution >= 4 is 0 Å². The van der Waals surface area contributed by atoms with Gasteiger partial charge in [0.25, 0.3) is 0 Å². The number of nitrogens with two attached hydrogens (primary N) is 4. The Morgan fingerprint density at radius 2 is 1.45 bits per heavy atom. The van der Waals surface area contributed by atoms with E-state index in [-0.39, 0.29) is 5.54 Å². The Morgan fingerprint density at radius 1 is 0.864 bits per heavy atom. The molecule has 1 aliphatic rings. The third-order valence-electron chi connectivity index (χ3n) is 5.01. The van der Waals surface area contributed by atoms with Crippen molar-refractivity contribution in [1.29, 1.82) is 0 Å². The molecule has 6 nitrogen and oxygen atoms in total. The van der Waals surface area contributed by atoms with Gasteiger partial charge in [-0.3, -0.25) is 4.90 Å². The topological polar surface area (TPSA) is 119 Å². The molecule has 9 N–H and O–H groups in total. The van der Waals surface area contributed by atoms with Crippen LogP contribution in [0.4, 0.5) is 0 Å². The Hall–Kier alpha value is -0.240. The van der Waals surface area contributed by atoms with E-state index in [2.05, 4.69) is 10.2 Å². The highest BCUT2D eigenvalue weighted by molar-refractivity contribution is 5.03. The monoisotopic (exact) mass is 314 g/mol. The highest BCUT2D eigenvalue weighted by Gasteiger charge is 2.44. The molecule has 0 saturated carbocycles. The zero-order chi connectivity index (χ0) is 16.3. The minimum absolute atomic E-state index is 0.168. The summed E-state index contributed by atoms with van der Waals surface area (Å²) in [7, 11) is 0. The van der Waals surface area contributed by atoms with Crippen LogP contribution in [0.5, 0.6) is 0 Å². The van der Waals surface area contributed by atoms with E-state index in [1.807, 2.05) is 0 Å². The lowest BCUT2D eigenvalue weighted by Crippen LogP contribution is -2.67. The molecule has 0 bridgehead atoms. The van der Waals surface area contributed by atoms with Crippen LogP contribution < -0.4 is 28.3 Å². The molecule has 0 aliphatic carbocycles. The molecular formula is C16H38N6. The molecule has 0 spiro atoms. The van der Waals surface area contributed by atoms with Crippen molar-refractivity contribution in [2.45, 2.75) is 56.5 Å². The van der Waals surface area contributed by atoms with E-state index in [1.165, 1.54) is 0 Å². The molecule has 6 heteroatoms. The summed E-state index contributed by atoms with van der Waals surface area (Å²) in [6.07, 6.45) is 7.64. The van der Waals surface area contributed by atoms with Gasteiger partial charge < -0.3 is 28.3 Å². The summed E-state index contributed by atoms with van der Waals surface area (Å²) in [5.74, 6) is 0. The molecule has 0 amide bonds. The first-order valence-electron chi connectivity index (χ1n) is 9.04. The van der Waals surface area contributed by atoms with E-state index in [0.29, 0.717) is 6.04 Å². The summed E-state index contributed by atoms with van der Waals surface area (Å²) in [5.41, 5.74) is 23.3. The van der Waals surface area contributed by atoms with Crippen LogP contribution in [0.25, 0.3) is 0 Å². The van der Waals surface area contributed by atoms with Gasteiger partial charge in [-0.2, -0.15) is 0 Å². The lowest BCUT2D eigenvalue weighted by Gasteiger charge is -2.53. The van der Waals surface area contributed by atoms with E-state index in [4.69, 9.17) is 22.9 Å². The first-order chi connectivity index (χ1) is 10.7. The van der Waals surface area contributed by atoms with Gasteiger partial charge in [-0.1, -0.05) is 0 Å². The second-order valence-corrected chi connectivity index (χ2v) is 6.45. The Morgan fingerprint density at radius 3 is 2.00 bits per heavy atom. The number of nitrogens with zero attached hydrogens (tertiary/aromatic N) is 1. The average molecular weight is 315 g/mol. The second-order valence-electron chi connectivity index (χ2n) is 6.45. The fourth-order valence-electron chi connectivity index (χ4n) is 3.92. The zero-order valence-corrected chi connectivity index (χ0v) is 14.2. The van der Waals surface area contributed by atoms with Crippen molar-refractivity contribution in [2.24, 2.45) is 22.9 Å². The number of rotatable bonds is 12. The first-order valence-corrected chi connectivity index (χ1v) is 9.04. The lowest BCUT2D eigenvalue weighted by molar-refractivity contribution is -0.000741. The minimum Gasteiger partial charge on any atom is -0.330 e. The maximum absolute atomic E-state index is 5.82. The van der Waals surface area contributed by atoms with Crippen LogP contribution in [0.2, 0.25) is 0 Å². The molecule has 0 aromatic carbocycles. The average Bonchev–Trinajstić information content (AvgIpc) is 2.55. The molecule has 1 rings (SSSR count). The zero-order valence-electron chi connectivity index (χ0n) is 14.2. The number of piperazine rings is 1. The molecule has 1 unspecified atom stereocenters. The summed E-state index contributed by atoms with van der Waals surface area (Å²) >= 11 is 0. The predicted octanol–water partition coefficient (Wildman–Crippen LogP) is -0.435. The van der Waals surface area contributed by atoms with Gasteiger partial charge >= 0.3 is 0 Å². The number of hydrogen-bond donors (Lipinski definition) is 5. The van der Waals surface area contributed by atoms with Crippen LogP contribution in [0.1, 0.15) is 44.9 Å². The lowest BCUT2D eigenvalue weighted by atomic mass is 9.76. The molecule has 0 aromatic heterocycles. The van der Waals surface area contributed by atoms with Crippen molar-refractivity contribution < 1.29 is 0 Å². The first kappa shape index (κ1) is 19.8. The minimum atomic E-state index is 0.168. The number of nitrogens with one attached hydrogen (secondary N) is 1. The summed E-state index contributed by atoms with van der Waals surface area (Å²) in [6.45, 7) is 6.22. The van der Waals surface area contributed by atoms with Gasteiger partial charge in [0, 0.05) is 31.2 Å². The molecule has 1 heterocycles. The van der Waals surface area contributed by atoms with E-state index < -0.39 is 0 Å². The third-order valence-corrected chi connectivity index (χ3v) is 5.01. The molecule has 22 heavy (non-hydrogen) atoms. The van der Waals surface area contributed by atoms with Gasteiger partial charge in [0.05, 0.1) is 0 Å². The van der Waals surface area contributed by atoms with Crippen LogP contribution >= 0.6 is 0 Å². The van der Waals surface area contributed by atoms with Crippen molar-refractivity contribution in [3.63, 3.8) is 0 Å². The smallest absolute Gasteiger partial charge is 0.0364 e. The normalized spacial score (nSPS) is 22.1. The van der Waals surface area contributed by atoms with Gasteiger partial charge in [0.1, 0.15) is 0 Å². The van der Waals surface area contributed by atoms with E-state index in [1.54, 1.807) is 0 Å². The molecule has 1 saturated heterocycles. The van der Waals surface area contributed by atoms with Gasteiger partial charge in [0.2, 0.25) is 0 Å². The van der Waals surface area contributed by atoms with Gasteiger partial charge in [-0.05, 0) is 71.1 Å². The van der Waals surface area contributed by atoms with Gasteiger partial charge in [-0.25, -0.2) is 0 Å². The Balaban J connectivity index is 2.92. The van der Waals surface area contributed by atoms with Crippen LogP contribution in [-0.2, 0) is 0 Å². The molecule has 1 aliphatic heterocycles. The largest absolute Gasteiger partial charge is 0.330 e. The van der Waals surface area contributed by atoms with Crippen LogP contribution in [-0.4, -0.2) is 62.3 Å². The Bertz CT molecular complexity index is 247. The van der Waals surface area contributed by atoms with Gasteiger partial charge in [-0.15, -0.1) is 0 Å². The summed E-state index contributed by atoms with van der Waals surface area (Å²) in [5, 5.41) is 3.76. The Kier molecular flexibility index (Phi) is 10.2. The fraction of sp³-hybridized carbons (Fsp3) is 1.00. The molecule has 1 atom stereocenters. The summed E-state index contributed by atoms with van der Waals surface area (Å²) in [4.78, 5) is 2.67. The van der Waals surface area contributed by atoms with Crippen molar-refractivity contribution in [3.8, 4) is 0 Å². The van der Waals surface area contributed by atoms with E-state index in [9.17, 15) is 0 Å². The maximum Gasteiger partial charge on any atom is 0.0364 e. The molecule has 0 radical (unpaired) electrons. The maximum atomic E-state index is 5.82. The van der Waals surface area contributed by atoms with E-state index >= 15 is 0 Å². The van der Waals surface area contributed by atoms with Crippen LogP contribution in [0, 0.1) is 0 Å². The van der Waals surface area contributed by atoms with Crippen molar-refractivity contribution in [3.05, 3.63) is 0 Å². The predicted molar refractivity (Wildman–Crippen MR) is 94.6 cm³/mol. The van der Waals surface area contributed by atoms with Crippen molar-refractivity contribution in [2.75, 3.05) is 45.8 Å². The highest BCUT2D eigenvalue weighted by Crippen LogP contribution is 2.35. The van der Waals surface area contributed by atoms with Crippen LogP contribution in [0.3, 0.4) is 0 Å². The molecule has 132 valence electrons. The Labute approximate surface area is 136 Å². The van der Waals surface area contributed by atoms with E-state index in [0.717, 1.165) is 90.8 Å².